The minimum absolute atomic E-state index is 0.0374. The van der Waals surface area contributed by atoms with Crippen LogP contribution in [0, 0.1) is 0 Å². The lowest BCUT2D eigenvalue weighted by Gasteiger charge is -2.10. The van der Waals surface area contributed by atoms with Gasteiger partial charge in [-0.05, 0) is 31.5 Å². The second-order valence-electron chi connectivity index (χ2n) is 4.64. The van der Waals surface area contributed by atoms with Crippen molar-refractivity contribution in [3.8, 4) is 11.5 Å². The first-order valence-electron chi connectivity index (χ1n) is 6.66. The zero-order valence-corrected chi connectivity index (χ0v) is 12.6. The van der Waals surface area contributed by atoms with Gasteiger partial charge in [0.25, 0.3) is 0 Å². The van der Waals surface area contributed by atoms with Crippen LogP contribution < -0.4 is 14.8 Å². The van der Waals surface area contributed by atoms with Crippen LogP contribution in [0.5, 0.6) is 11.5 Å². The Balaban J connectivity index is 2.45. The topological polar surface area (TPSA) is 56.8 Å². The number of ether oxygens (including phenoxy) is 3. The minimum Gasteiger partial charge on any atom is -0.493 e. The van der Waals surface area contributed by atoms with Crippen LogP contribution in [0.2, 0.25) is 0 Å². The molecule has 0 fully saturated rings. The van der Waals surface area contributed by atoms with E-state index < -0.39 is 0 Å². The van der Waals surface area contributed by atoms with Gasteiger partial charge < -0.3 is 19.5 Å². The summed E-state index contributed by atoms with van der Waals surface area (Å²) in [5, 5.41) is 2.82. The average Bonchev–Trinajstić information content (AvgIpc) is 2.43. The van der Waals surface area contributed by atoms with Crippen LogP contribution in [-0.2, 0) is 16.0 Å². The summed E-state index contributed by atoms with van der Waals surface area (Å²) in [7, 11) is 3.16. The summed E-state index contributed by atoms with van der Waals surface area (Å²) in [4.78, 5) is 11.8. The Labute approximate surface area is 120 Å². The first kappa shape index (κ1) is 16.3. The largest absolute Gasteiger partial charge is 0.493 e. The van der Waals surface area contributed by atoms with Crippen molar-refractivity contribution in [3.63, 3.8) is 0 Å². The Morgan fingerprint density at radius 3 is 2.50 bits per heavy atom. The van der Waals surface area contributed by atoms with Crippen molar-refractivity contribution in [2.75, 3.05) is 27.4 Å². The van der Waals surface area contributed by atoms with Gasteiger partial charge in [-0.1, -0.05) is 6.07 Å². The van der Waals surface area contributed by atoms with Gasteiger partial charge in [-0.15, -0.1) is 0 Å². The van der Waals surface area contributed by atoms with Crippen molar-refractivity contribution >= 4 is 5.91 Å². The maximum Gasteiger partial charge on any atom is 0.224 e. The summed E-state index contributed by atoms with van der Waals surface area (Å²) in [5.74, 6) is 1.24. The summed E-state index contributed by atoms with van der Waals surface area (Å²) in [6.45, 7) is 4.97. The van der Waals surface area contributed by atoms with Crippen LogP contribution in [0.4, 0.5) is 0 Å². The van der Waals surface area contributed by atoms with Crippen molar-refractivity contribution in [2.24, 2.45) is 0 Å². The quantitative estimate of drug-likeness (QED) is 0.738. The molecule has 5 nitrogen and oxygen atoms in total. The van der Waals surface area contributed by atoms with E-state index in [1.165, 1.54) is 0 Å². The van der Waals surface area contributed by atoms with Crippen LogP contribution in [0.25, 0.3) is 0 Å². The summed E-state index contributed by atoms with van der Waals surface area (Å²) in [5.41, 5.74) is 0.880. The number of rotatable bonds is 8. The molecule has 0 heterocycles. The van der Waals surface area contributed by atoms with Crippen molar-refractivity contribution in [2.45, 2.75) is 26.4 Å². The molecule has 1 N–H and O–H groups in total. The van der Waals surface area contributed by atoms with Gasteiger partial charge in [0, 0.05) is 6.54 Å². The maximum atomic E-state index is 11.8. The molecule has 112 valence electrons. The van der Waals surface area contributed by atoms with E-state index in [-0.39, 0.29) is 12.0 Å². The first-order chi connectivity index (χ1) is 9.56. The predicted molar refractivity (Wildman–Crippen MR) is 77.3 cm³/mol. The summed E-state index contributed by atoms with van der Waals surface area (Å²) in [6.07, 6.45) is 0.486. The van der Waals surface area contributed by atoms with Crippen LogP contribution >= 0.6 is 0 Å². The second kappa shape index (κ2) is 8.43. The molecule has 0 radical (unpaired) electrons. The molecule has 1 rings (SSSR count). The third kappa shape index (κ3) is 5.48. The molecule has 0 saturated carbocycles. The Morgan fingerprint density at radius 2 is 1.90 bits per heavy atom. The van der Waals surface area contributed by atoms with E-state index in [2.05, 4.69) is 5.32 Å². The number of hydrogen-bond donors (Lipinski definition) is 1. The molecule has 0 saturated heterocycles. The third-order valence-electron chi connectivity index (χ3n) is 2.69. The van der Waals surface area contributed by atoms with Crippen LogP contribution in [0.1, 0.15) is 19.4 Å². The second-order valence-corrected chi connectivity index (χ2v) is 4.64. The molecule has 0 aliphatic heterocycles. The standard InChI is InChI=1S/C15H23NO4/c1-11(2)20-8-7-16-15(17)10-12-5-6-13(18-3)14(9-12)19-4/h5-6,9,11H,7-8,10H2,1-4H3,(H,16,17). The zero-order chi connectivity index (χ0) is 15.0. The molecule has 0 bridgehead atoms. The summed E-state index contributed by atoms with van der Waals surface area (Å²) >= 11 is 0. The molecule has 20 heavy (non-hydrogen) atoms. The third-order valence-corrected chi connectivity index (χ3v) is 2.69. The van der Waals surface area contributed by atoms with E-state index in [0.29, 0.717) is 31.1 Å². The molecule has 0 unspecified atom stereocenters. The molecular formula is C15H23NO4. The van der Waals surface area contributed by atoms with Crippen LogP contribution in [0.15, 0.2) is 18.2 Å². The van der Waals surface area contributed by atoms with E-state index in [1.54, 1.807) is 20.3 Å². The molecule has 1 amide bonds. The summed E-state index contributed by atoms with van der Waals surface area (Å²) in [6, 6.07) is 5.46. The number of methoxy groups -OCH3 is 2. The molecule has 0 aromatic heterocycles. The van der Waals surface area contributed by atoms with Crippen LogP contribution in [-0.4, -0.2) is 39.4 Å². The highest BCUT2D eigenvalue weighted by molar-refractivity contribution is 5.78. The fourth-order valence-electron chi connectivity index (χ4n) is 1.72. The van der Waals surface area contributed by atoms with E-state index in [0.717, 1.165) is 5.56 Å². The number of hydrogen-bond acceptors (Lipinski definition) is 4. The van der Waals surface area contributed by atoms with Crippen molar-refractivity contribution in [1.29, 1.82) is 0 Å². The minimum atomic E-state index is -0.0374. The lowest BCUT2D eigenvalue weighted by atomic mass is 10.1. The number of nitrogens with one attached hydrogen (secondary N) is 1. The van der Waals surface area contributed by atoms with Crippen molar-refractivity contribution in [1.82, 2.24) is 5.32 Å². The molecule has 0 aliphatic rings. The average molecular weight is 281 g/mol. The van der Waals surface area contributed by atoms with Crippen molar-refractivity contribution < 1.29 is 19.0 Å². The van der Waals surface area contributed by atoms with Crippen LogP contribution in [0.3, 0.4) is 0 Å². The molecule has 0 spiro atoms. The highest BCUT2D eigenvalue weighted by Gasteiger charge is 2.08. The van der Waals surface area contributed by atoms with E-state index in [4.69, 9.17) is 14.2 Å². The maximum absolute atomic E-state index is 11.8. The van der Waals surface area contributed by atoms with E-state index in [9.17, 15) is 4.79 Å². The lowest BCUT2D eigenvalue weighted by Crippen LogP contribution is -2.29. The van der Waals surface area contributed by atoms with E-state index in [1.807, 2.05) is 26.0 Å². The van der Waals surface area contributed by atoms with Gasteiger partial charge in [-0.3, -0.25) is 4.79 Å². The Kier molecular flexibility index (Phi) is 6.87. The fraction of sp³-hybridized carbons (Fsp3) is 0.533. The Morgan fingerprint density at radius 1 is 1.20 bits per heavy atom. The molecule has 0 aliphatic carbocycles. The molecular weight excluding hydrogens is 258 g/mol. The number of amides is 1. The Bertz CT molecular complexity index is 432. The molecule has 1 aromatic rings. The van der Waals surface area contributed by atoms with Crippen molar-refractivity contribution in [3.05, 3.63) is 23.8 Å². The number of carbonyl (C=O) groups is 1. The van der Waals surface area contributed by atoms with Gasteiger partial charge in [-0.2, -0.15) is 0 Å². The number of carbonyl (C=O) groups excluding carboxylic acids is 1. The van der Waals surface area contributed by atoms with Gasteiger partial charge in [0.1, 0.15) is 0 Å². The van der Waals surface area contributed by atoms with Gasteiger partial charge in [-0.25, -0.2) is 0 Å². The molecule has 0 atom stereocenters. The first-order valence-corrected chi connectivity index (χ1v) is 6.66. The lowest BCUT2D eigenvalue weighted by molar-refractivity contribution is -0.120. The Hall–Kier alpha value is -1.75. The molecule has 1 aromatic carbocycles. The van der Waals surface area contributed by atoms with Gasteiger partial charge in [0.05, 0.1) is 33.4 Å². The van der Waals surface area contributed by atoms with Gasteiger partial charge >= 0.3 is 0 Å². The fourth-order valence-corrected chi connectivity index (χ4v) is 1.72. The SMILES string of the molecule is COc1ccc(CC(=O)NCCOC(C)C)cc1OC. The highest BCUT2D eigenvalue weighted by Crippen LogP contribution is 2.27. The molecule has 5 heteroatoms. The summed E-state index contributed by atoms with van der Waals surface area (Å²) < 4.78 is 15.7. The van der Waals surface area contributed by atoms with E-state index >= 15 is 0 Å². The predicted octanol–water partition coefficient (Wildman–Crippen LogP) is 1.79. The smallest absolute Gasteiger partial charge is 0.224 e. The monoisotopic (exact) mass is 281 g/mol. The van der Waals surface area contributed by atoms with Gasteiger partial charge in [0.2, 0.25) is 5.91 Å². The highest BCUT2D eigenvalue weighted by atomic mass is 16.5. The normalized spacial score (nSPS) is 10.4. The van der Waals surface area contributed by atoms with Gasteiger partial charge in [0.15, 0.2) is 11.5 Å². The zero-order valence-electron chi connectivity index (χ0n) is 12.6. The number of benzene rings is 1.